The number of hydrogen-bond donors (Lipinski definition) is 1. The summed E-state index contributed by atoms with van der Waals surface area (Å²) in [5.74, 6) is -0.567. The molecule has 0 aliphatic carbocycles. The third kappa shape index (κ3) is 5.65. The fourth-order valence-corrected chi connectivity index (χ4v) is 2.53. The predicted molar refractivity (Wildman–Crippen MR) is 81.0 cm³/mol. The molecule has 0 bridgehead atoms. The van der Waals surface area contributed by atoms with Crippen molar-refractivity contribution in [3.8, 4) is 0 Å². The topological polar surface area (TPSA) is 57.6 Å². The normalized spacial score (nSPS) is 10.6. The van der Waals surface area contributed by atoms with Gasteiger partial charge >= 0.3 is 5.97 Å². The third-order valence-corrected chi connectivity index (χ3v) is 3.89. The second-order valence-electron chi connectivity index (χ2n) is 4.93. The summed E-state index contributed by atoms with van der Waals surface area (Å²) in [4.78, 5) is 25.4. The van der Waals surface area contributed by atoms with Crippen LogP contribution in [0.5, 0.6) is 0 Å². The highest BCUT2D eigenvalue weighted by Crippen LogP contribution is 2.19. The summed E-state index contributed by atoms with van der Waals surface area (Å²) in [6.45, 7) is 6.08. The van der Waals surface area contributed by atoms with Crippen molar-refractivity contribution >= 4 is 23.6 Å². The molecule has 0 heterocycles. The van der Waals surface area contributed by atoms with Crippen molar-refractivity contribution in [2.45, 2.75) is 38.1 Å². The summed E-state index contributed by atoms with van der Waals surface area (Å²) in [6, 6.07) is 8.02. The van der Waals surface area contributed by atoms with E-state index in [9.17, 15) is 9.59 Å². The van der Waals surface area contributed by atoms with Crippen LogP contribution in [0.25, 0.3) is 0 Å². The van der Waals surface area contributed by atoms with Gasteiger partial charge < -0.3 is 10.0 Å². The lowest BCUT2D eigenvalue weighted by Gasteiger charge is -2.26. The van der Waals surface area contributed by atoms with Crippen LogP contribution in [-0.2, 0) is 9.59 Å². The van der Waals surface area contributed by atoms with E-state index in [4.69, 9.17) is 5.11 Å². The number of carbonyl (C=O) groups excluding carboxylic acids is 1. The highest BCUT2D eigenvalue weighted by molar-refractivity contribution is 8.00. The number of amides is 1. The van der Waals surface area contributed by atoms with E-state index in [1.807, 2.05) is 45.0 Å². The molecule has 0 unspecified atom stereocenters. The molecule has 0 radical (unpaired) electrons. The molecule has 5 heteroatoms. The number of nitrogens with zero attached hydrogens (tertiary/aromatic N) is 1. The number of aryl methyl sites for hydroxylation is 1. The molecule has 0 spiro atoms. The lowest BCUT2D eigenvalue weighted by Crippen LogP contribution is -2.39. The van der Waals surface area contributed by atoms with Gasteiger partial charge in [0.25, 0.3) is 0 Å². The van der Waals surface area contributed by atoms with Gasteiger partial charge in [-0.1, -0.05) is 17.7 Å². The van der Waals surface area contributed by atoms with Crippen LogP contribution >= 0.6 is 11.8 Å². The first kappa shape index (κ1) is 16.6. The minimum atomic E-state index is -0.880. The lowest BCUT2D eigenvalue weighted by atomic mass is 10.2. The number of rotatable bonds is 7. The molecular weight excluding hydrogens is 274 g/mol. The molecule has 1 rings (SSSR count). The molecule has 1 aromatic rings. The van der Waals surface area contributed by atoms with Gasteiger partial charge in [-0.15, -0.1) is 11.8 Å². The van der Waals surface area contributed by atoms with Gasteiger partial charge in [0.05, 0.1) is 12.2 Å². The van der Waals surface area contributed by atoms with Crippen molar-refractivity contribution in [2.75, 3.05) is 12.3 Å². The summed E-state index contributed by atoms with van der Waals surface area (Å²) in [7, 11) is 0. The minimum absolute atomic E-state index is 0.0143. The fraction of sp³-hybridized carbons (Fsp3) is 0.467. The van der Waals surface area contributed by atoms with Crippen molar-refractivity contribution in [3.63, 3.8) is 0 Å². The molecular formula is C15H21NO3S. The standard InChI is InChI=1S/C15H21NO3S/c1-11(2)16(9-8-15(18)19)14(17)10-20-13-6-4-12(3)5-7-13/h4-7,11H,8-10H2,1-3H3,(H,18,19). The van der Waals surface area contributed by atoms with Crippen LogP contribution in [0, 0.1) is 6.92 Å². The fourth-order valence-electron chi connectivity index (χ4n) is 1.75. The highest BCUT2D eigenvalue weighted by Gasteiger charge is 2.17. The Labute approximate surface area is 124 Å². The lowest BCUT2D eigenvalue weighted by molar-refractivity contribution is -0.138. The van der Waals surface area contributed by atoms with Gasteiger partial charge in [0.1, 0.15) is 0 Å². The Morgan fingerprint density at radius 3 is 2.35 bits per heavy atom. The number of thioether (sulfide) groups is 1. The highest BCUT2D eigenvalue weighted by atomic mass is 32.2. The first-order chi connectivity index (χ1) is 9.40. The van der Waals surface area contributed by atoms with Crippen LogP contribution in [0.2, 0.25) is 0 Å². The van der Waals surface area contributed by atoms with Crippen molar-refractivity contribution in [2.24, 2.45) is 0 Å². The van der Waals surface area contributed by atoms with Crippen LogP contribution in [-0.4, -0.2) is 40.2 Å². The molecule has 20 heavy (non-hydrogen) atoms. The van der Waals surface area contributed by atoms with Gasteiger partial charge in [0.15, 0.2) is 0 Å². The van der Waals surface area contributed by atoms with Crippen LogP contribution in [0.4, 0.5) is 0 Å². The maximum Gasteiger partial charge on any atom is 0.305 e. The van der Waals surface area contributed by atoms with Gasteiger partial charge in [0.2, 0.25) is 5.91 Å². The number of benzene rings is 1. The zero-order valence-corrected chi connectivity index (χ0v) is 12.9. The van der Waals surface area contributed by atoms with Crippen molar-refractivity contribution in [1.82, 2.24) is 4.90 Å². The number of carboxylic acids is 1. The molecule has 4 nitrogen and oxygen atoms in total. The Morgan fingerprint density at radius 2 is 1.85 bits per heavy atom. The summed E-state index contributed by atoms with van der Waals surface area (Å²) in [6.07, 6.45) is -0.0148. The van der Waals surface area contributed by atoms with Gasteiger partial charge in [-0.25, -0.2) is 0 Å². The van der Waals surface area contributed by atoms with E-state index >= 15 is 0 Å². The largest absolute Gasteiger partial charge is 0.481 e. The molecule has 1 amide bonds. The Bertz CT molecular complexity index is 457. The summed E-state index contributed by atoms with van der Waals surface area (Å²) < 4.78 is 0. The van der Waals surface area contributed by atoms with E-state index in [0.29, 0.717) is 5.75 Å². The molecule has 0 atom stereocenters. The molecule has 110 valence electrons. The van der Waals surface area contributed by atoms with Gasteiger partial charge in [0, 0.05) is 17.5 Å². The number of carboxylic acid groups (broad SMARTS) is 1. The zero-order chi connectivity index (χ0) is 15.1. The Balaban J connectivity index is 2.53. The zero-order valence-electron chi connectivity index (χ0n) is 12.1. The maximum atomic E-state index is 12.1. The van der Waals surface area contributed by atoms with E-state index in [2.05, 4.69) is 0 Å². The van der Waals surface area contributed by atoms with Gasteiger partial charge in [-0.2, -0.15) is 0 Å². The Kier molecular flexibility index (Phi) is 6.58. The van der Waals surface area contributed by atoms with Gasteiger partial charge in [-0.05, 0) is 32.9 Å². The van der Waals surface area contributed by atoms with Crippen molar-refractivity contribution < 1.29 is 14.7 Å². The number of carbonyl (C=O) groups is 2. The van der Waals surface area contributed by atoms with E-state index in [0.717, 1.165) is 4.90 Å². The molecule has 0 aromatic heterocycles. The molecule has 0 aliphatic rings. The SMILES string of the molecule is Cc1ccc(SCC(=O)N(CCC(=O)O)C(C)C)cc1. The van der Waals surface area contributed by atoms with Crippen LogP contribution in [0.1, 0.15) is 25.8 Å². The van der Waals surface area contributed by atoms with E-state index < -0.39 is 5.97 Å². The molecule has 0 saturated carbocycles. The van der Waals surface area contributed by atoms with Gasteiger partial charge in [-0.3, -0.25) is 9.59 Å². The average molecular weight is 295 g/mol. The molecule has 1 aromatic carbocycles. The summed E-state index contributed by atoms with van der Waals surface area (Å²) in [5, 5.41) is 8.72. The van der Waals surface area contributed by atoms with E-state index in [1.165, 1.54) is 17.3 Å². The summed E-state index contributed by atoms with van der Waals surface area (Å²) >= 11 is 1.48. The van der Waals surface area contributed by atoms with Crippen LogP contribution < -0.4 is 0 Å². The molecule has 0 saturated heterocycles. The predicted octanol–water partition coefficient (Wildman–Crippen LogP) is 2.80. The maximum absolute atomic E-state index is 12.1. The minimum Gasteiger partial charge on any atom is -0.481 e. The second-order valence-corrected chi connectivity index (χ2v) is 5.98. The third-order valence-electron chi connectivity index (χ3n) is 2.89. The quantitative estimate of drug-likeness (QED) is 0.786. The first-order valence-corrected chi connectivity index (χ1v) is 7.59. The smallest absolute Gasteiger partial charge is 0.305 e. The Morgan fingerprint density at radius 1 is 1.25 bits per heavy atom. The molecule has 0 aliphatic heterocycles. The monoisotopic (exact) mass is 295 g/mol. The van der Waals surface area contributed by atoms with Crippen LogP contribution in [0.15, 0.2) is 29.2 Å². The first-order valence-electron chi connectivity index (χ1n) is 6.61. The Hall–Kier alpha value is -1.49. The molecule has 1 N–H and O–H groups in total. The molecule has 0 fully saturated rings. The van der Waals surface area contributed by atoms with E-state index in [1.54, 1.807) is 4.90 Å². The average Bonchev–Trinajstić information content (AvgIpc) is 2.37. The van der Waals surface area contributed by atoms with Crippen molar-refractivity contribution in [1.29, 1.82) is 0 Å². The van der Waals surface area contributed by atoms with Crippen molar-refractivity contribution in [3.05, 3.63) is 29.8 Å². The number of aliphatic carboxylic acids is 1. The summed E-state index contributed by atoms with van der Waals surface area (Å²) in [5.41, 5.74) is 1.19. The van der Waals surface area contributed by atoms with Crippen LogP contribution in [0.3, 0.4) is 0 Å². The van der Waals surface area contributed by atoms with E-state index in [-0.39, 0.29) is 24.9 Å². The second kappa shape index (κ2) is 7.94. The number of hydrogen-bond acceptors (Lipinski definition) is 3.